The molecule has 1 saturated heterocycles. The number of rotatable bonds is 2. The fourth-order valence-electron chi connectivity index (χ4n) is 3.20. The molecule has 0 radical (unpaired) electrons. The molecule has 3 nitrogen and oxygen atoms in total. The minimum absolute atomic E-state index is 0.00327. The molecule has 0 unspecified atom stereocenters. The molecule has 0 saturated carbocycles. The summed E-state index contributed by atoms with van der Waals surface area (Å²) in [7, 11) is 0. The highest BCUT2D eigenvalue weighted by molar-refractivity contribution is 5.96. The lowest BCUT2D eigenvalue weighted by atomic mass is 9.95. The number of hydrogen-bond donors (Lipinski definition) is 1. The van der Waals surface area contributed by atoms with Crippen molar-refractivity contribution in [3.8, 4) is 0 Å². The maximum absolute atomic E-state index is 12.8. The SMILES string of the molecule is Cc1cccc(C(=O)N2C[C@@H](N)[C@H](c3ccccc3)C2)c1C. The van der Waals surface area contributed by atoms with Gasteiger partial charge in [-0.3, -0.25) is 4.79 Å². The Morgan fingerprint density at radius 1 is 1.05 bits per heavy atom. The molecule has 1 amide bonds. The molecule has 2 N–H and O–H groups in total. The summed E-state index contributed by atoms with van der Waals surface area (Å²) in [4.78, 5) is 14.7. The Morgan fingerprint density at radius 2 is 1.77 bits per heavy atom. The summed E-state index contributed by atoms with van der Waals surface area (Å²) < 4.78 is 0. The van der Waals surface area contributed by atoms with Crippen LogP contribution in [0.15, 0.2) is 48.5 Å². The van der Waals surface area contributed by atoms with Gasteiger partial charge in [0.1, 0.15) is 0 Å². The number of carbonyl (C=O) groups is 1. The zero-order chi connectivity index (χ0) is 15.7. The number of nitrogens with zero attached hydrogens (tertiary/aromatic N) is 1. The van der Waals surface area contributed by atoms with Gasteiger partial charge in [-0.25, -0.2) is 0 Å². The van der Waals surface area contributed by atoms with Gasteiger partial charge in [0, 0.05) is 30.6 Å². The van der Waals surface area contributed by atoms with Gasteiger partial charge in [-0.15, -0.1) is 0 Å². The van der Waals surface area contributed by atoms with Crippen LogP contribution in [0.3, 0.4) is 0 Å². The van der Waals surface area contributed by atoms with E-state index < -0.39 is 0 Å². The summed E-state index contributed by atoms with van der Waals surface area (Å²) in [5.74, 6) is 0.311. The van der Waals surface area contributed by atoms with E-state index >= 15 is 0 Å². The van der Waals surface area contributed by atoms with Crippen LogP contribution < -0.4 is 5.73 Å². The number of amides is 1. The number of hydrogen-bond acceptors (Lipinski definition) is 2. The second-order valence-electron chi connectivity index (χ2n) is 6.14. The van der Waals surface area contributed by atoms with Crippen molar-refractivity contribution >= 4 is 5.91 Å². The smallest absolute Gasteiger partial charge is 0.254 e. The van der Waals surface area contributed by atoms with Gasteiger partial charge in [0.25, 0.3) is 5.91 Å². The average Bonchev–Trinajstić information content (AvgIpc) is 2.92. The number of aryl methyl sites for hydroxylation is 1. The molecular weight excluding hydrogens is 272 g/mol. The number of benzene rings is 2. The third kappa shape index (κ3) is 2.64. The highest BCUT2D eigenvalue weighted by atomic mass is 16.2. The molecule has 1 aliphatic heterocycles. The van der Waals surface area contributed by atoms with E-state index in [0.29, 0.717) is 13.1 Å². The molecule has 0 spiro atoms. The largest absolute Gasteiger partial charge is 0.336 e. The van der Waals surface area contributed by atoms with Crippen LogP contribution in [0.2, 0.25) is 0 Å². The normalized spacial score (nSPS) is 21.1. The van der Waals surface area contributed by atoms with E-state index in [1.807, 2.05) is 55.1 Å². The van der Waals surface area contributed by atoms with Crippen molar-refractivity contribution in [1.29, 1.82) is 0 Å². The van der Waals surface area contributed by atoms with Gasteiger partial charge in [0.2, 0.25) is 0 Å². The summed E-state index contributed by atoms with van der Waals surface area (Å²) in [6.45, 7) is 5.35. The van der Waals surface area contributed by atoms with Crippen molar-refractivity contribution in [2.45, 2.75) is 25.8 Å². The van der Waals surface area contributed by atoms with Crippen molar-refractivity contribution < 1.29 is 4.79 Å². The van der Waals surface area contributed by atoms with Crippen LogP contribution in [-0.2, 0) is 0 Å². The molecular formula is C19H22N2O. The van der Waals surface area contributed by atoms with E-state index in [1.54, 1.807) is 0 Å². The maximum atomic E-state index is 12.8. The lowest BCUT2D eigenvalue weighted by Crippen LogP contribution is -2.32. The zero-order valence-electron chi connectivity index (χ0n) is 13.1. The summed E-state index contributed by atoms with van der Waals surface area (Å²) in [6, 6.07) is 16.1. The Kier molecular flexibility index (Phi) is 3.99. The first-order valence-electron chi connectivity index (χ1n) is 7.74. The second kappa shape index (κ2) is 5.93. The summed E-state index contributed by atoms with van der Waals surface area (Å²) >= 11 is 0. The van der Waals surface area contributed by atoms with Crippen molar-refractivity contribution in [2.75, 3.05) is 13.1 Å². The van der Waals surface area contributed by atoms with Crippen molar-refractivity contribution in [1.82, 2.24) is 4.90 Å². The monoisotopic (exact) mass is 294 g/mol. The van der Waals surface area contributed by atoms with Gasteiger partial charge in [0.05, 0.1) is 0 Å². The third-order valence-electron chi connectivity index (χ3n) is 4.72. The number of carbonyl (C=O) groups excluding carboxylic acids is 1. The lowest BCUT2D eigenvalue weighted by molar-refractivity contribution is 0.0788. The van der Waals surface area contributed by atoms with Crippen LogP contribution in [0.1, 0.15) is 33.0 Å². The predicted molar refractivity (Wildman–Crippen MR) is 89.0 cm³/mol. The predicted octanol–water partition coefficient (Wildman–Crippen LogP) is 2.87. The minimum Gasteiger partial charge on any atom is -0.336 e. The van der Waals surface area contributed by atoms with Crippen LogP contribution >= 0.6 is 0 Å². The highest BCUT2D eigenvalue weighted by Gasteiger charge is 2.34. The Bertz CT molecular complexity index is 681. The van der Waals surface area contributed by atoms with E-state index in [9.17, 15) is 4.79 Å². The van der Waals surface area contributed by atoms with Gasteiger partial charge in [-0.1, -0.05) is 42.5 Å². The molecule has 1 heterocycles. The number of nitrogens with two attached hydrogens (primary N) is 1. The Balaban J connectivity index is 1.82. The Hall–Kier alpha value is -2.13. The zero-order valence-corrected chi connectivity index (χ0v) is 13.1. The van der Waals surface area contributed by atoms with Gasteiger partial charge in [0.15, 0.2) is 0 Å². The van der Waals surface area contributed by atoms with E-state index in [2.05, 4.69) is 12.1 Å². The van der Waals surface area contributed by atoms with Crippen molar-refractivity contribution in [3.63, 3.8) is 0 Å². The van der Waals surface area contributed by atoms with Gasteiger partial charge in [-0.05, 0) is 36.6 Å². The molecule has 1 aliphatic rings. The Labute approximate surface area is 131 Å². The molecule has 3 rings (SSSR count). The molecule has 0 aromatic heterocycles. The van der Waals surface area contributed by atoms with Crippen LogP contribution in [0, 0.1) is 13.8 Å². The van der Waals surface area contributed by atoms with E-state index in [-0.39, 0.29) is 17.9 Å². The summed E-state index contributed by atoms with van der Waals surface area (Å²) in [5, 5.41) is 0. The molecule has 0 aliphatic carbocycles. The standard InChI is InChI=1S/C19H22N2O/c1-13-7-6-10-16(14(13)2)19(22)21-11-17(18(20)12-21)15-8-4-3-5-9-15/h3-10,17-18H,11-12,20H2,1-2H3/t17-,18+/m0/s1. The van der Waals surface area contributed by atoms with Crippen LogP contribution in [0.5, 0.6) is 0 Å². The average molecular weight is 294 g/mol. The van der Waals surface area contributed by atoms with E-state index in [4.69, 9.17) is 5.73 Å². The molecule has 114 valence electrons. The summed E-state index contributed by atoms with van der Waals surface area (Å²) in [6.07, 6.45) is 0. The van der Waals surface area contributed by atoms with E-state index in [0.717, 1.165) is 16.7 Å². The molecule has 2 aromatic rings. The molecule has 22 heavy (non-hydrogen) atoms. The van der Waals surface area contributed by atoms with Gasteiger partial charge >= 0.3 is 0 Å². The second-order valence-corrected chi connectivity index (χ2v) is 6.14. The number of likely N-dealkylation sites (tertiary alicyclic amines) is 1. The lowest BCUT2D eigenvalue weighted by Gasteiger charge is -2.18. The third-order valence-corrected chi connectivity index (χ3v) is 4.72. The Morgan fingerprint density at radius 3 is 2.50 bits per heavy atom. The quantitative estimate of drug-likeness (QED) is 0.925. The van der Waals surface area contributed by atoms with Crippen LogP contribution in [-0.4, -0.2) is 29.9 Å². The topological polar surface area (TPSA) is 46.3 Å². The molecule has 1 fully saturated rings. The van der Waals surface area contributed by atoms with Gasteiger partial charge < -0.3 is 10.6 Å². The minimum atomic E-state index is -0.00327. The first kappa shape index (κ1) is 14.8. The maximum Gasteiger partial charge on any atom is 0.254 e. The van der Waals surface area contributed by atoms with E-state index in [1.165, 1.54) is 5.56 Å². The van der Waals surface area contributed by atoms with Crippen LogP contribution in [0.4, 0.5) is 0 Å². The molecule has 2 atom stereocenters. The fraction of sp³-hybridized carbons (Fsp3) is 0.316. The first-order valence-corrected chi connectivity index (χ1v) is 7.74. The van der Waals surface area contributed by atoms with Crippen molar-refractivity contribution in [2.24, 2.45) is 5.73 Å². The summed E-state index contributed by atoms with van der Waals surface area (Å²) in [5.41, 5.74) is 10.5. The molecule has 0 bridgehead atoms. The molecule has 3 heteroatoms. The first-order chi connectivity index (χ1) is 10.6. The highest BCUT2D eigenvalue weighted by Crippen LogP contribution is 2.28. The fourth-order valence-corrected chi connectivity index (χ4v) is 3.20. The van der Waals surface area contributed by atoms with Crippen LogP contribution in [0.25, 0.3) is 0 Å². The van der Waals surface area contributed by atoms with Crippen molar-refractivity contribution in [3.05, 3.63) is 70.8 Å². The van der Waals surface area contributed by atoms with Gasteiger partial charge in [-0.2, -0.15) is 0 Å². The molecule has 2 aromatic carbocycles.